The minimum Gasteiger partial charge on any atom is -0.507 e. The predicted molar refractivity (Wildman–Crippen MR) is 137 cm³/mol. The van der Waals surface area contributed by atoms with Crippen LogP contribution in [0.1, 0.15) is 68.8 Å². The van der Waals surface area contributed by atoms with Gasteiger partial charge in [-0.3, -0.25) is 14.4 Å². The molecule has 3 aliphatic rings. The number of hydrogen-bond donors (Lipinski definition) is 5. The number of aliphatic hydroxyl groups excluding tert-OH is 1. The van der Waals surface area contributed by atoms with E-state index in [2.05, 4.69) is 0 Å². The van der Waals surface area contributed by atoms with E-state index in [1.807, 2.05) is 0 Å². The van der Waals surface area contributed by atoms with Gasteiger partial charge < -0.3 is 45.1 Å². The Morgan fingerprint density at radius 1 is 1.12 bits per heavy atom. The number of hydrogen-bond acceptors (Lipinski definition) is 12. The van der Waals surface area contributed by atoms with Gasteiger partial charge in [-0.15, -0.1) is 0 Å². The minimum atomic E-state index is -2.22. The van der Waals surface area contributed by atoms with Crippen molar-refractivity contribution < 1.29 is 53.8 Å². The van der Waals surface area contributed by atoms with Gasteiger partial charge in [-0.1, -0.05) is 12.1 Å². The molecule has 214 valence electrons. The van der Waals surface area contributed by atoms with Gasteiger partial charge in [0, 0.05) is 49.1 Å². The van der Waals surface area contributed by atoms with Crippen molar-refractivity contribution in [3.63, 3.8) is 0 Å². The second-order valence-corrected chi connectivity index (χ2v) is 10.4. The summed E-state index contributed by atoms with van der Waals surface area (Å²) in [5.74, 6) is -3.66. The third-order valence-corrected chi connectivity index (χ3v) is 8.04. The normalized spacial score (nSPS) is 29.4. The lowest BCUT2D eigenvalue weighted by molar-refractivity contribution is -0.250. The highest BCUT2D eigenvalue weighted by Crippen LogP contribution is 2.52. The van der Waals surface area contributed by atoms with Gasteiger partial charge in [0.15, 0.2) is 17.9 Å². The van der Waals surface area contributed by atoms with E-state index in [0.29, 0.717) is 0 Å². The Morgan fingerprint density at radius 2 is 1.82 bits per heavy atom. The van der Waals surface area contributed by atoms with Crippen LogP contribution in [-0.2, 0) is 25.4 Å². The highest BCUT2D eigenvalue weighted by Gasteiger charge is 2.50. The summed E-state index contributed by atoms with van der Waals surface area (Å²) in [4.78, 5) is 39.9. The zero-order valence-corrected chi connectivity index (χ0v) is 22.2. The molecule has 6 atom stereocenters. The van der Waals surface area contributed by atoms with Crippen LogP contribution in [0, 0.1) is 0 Å². The topological polar surface area (TPSA) is 195 Å². The van der Waals surface area contributed by atoms with Crippen molar-refractivity contribution in [3.8, 4) is 17.2 Å². The molecule has 0 bridgehead atoms. The number of aromatic hydroxyl groups is 2. The highest BCUT2D eigenvalue weighted by atomic mass is 16.7. The molecule has 6 N–H and O–H groups in total. The fourth-order valence-electron chi connectivity index (χ4n) is 6.11. The maximum absolute atomic E-state index is 13.7. The predicted octanol–water partition coefficient (Wildman–Crippen LogP) is 0.655. The fourth-order valence-corrected chi connectivity index (χ4v) is 6.11. The number of rotatable bonds is 6. The summed E-state index contributed by atoms with van der Waals surface area (Å²) in [5, 5.41) is 43.8. The number of ketones is 3. The number of carbonyl (C=O) groups is 3. The number of fused-ring (bicyclic) bond motifs is 3. The van der Waals surface area contributed by atoms with E-state index in [4.69, 9.17) is 24.7 Å². The molecule has 0 radical (unpaired) electrons. The largest absolute Gasteiger partial charge is 0.507 e. The van der Waals surface area contributed by atoms with Crippen molar-refractivity contribution in [1.29, 1.82) is 0 Å². The van der Waals surface area contributed by atoms with E-state index < -0.39 is 95.7 Å². The van der Waals surface area contributed by atoms with Gasteiger partial charge in [0.25, 0.3) is 0 Å². The molecule has 1 saturated heterocycles. The second kappa shape index (κ2) is 10.2. The molecule has 2 aromatic carbocycles. The molecule has 0 spiro atoms. The Hall–Kier alpha value is -3.39. The van der Waals surface area contributed by atoms with Gasteiger partial charge in [0.05, 0.1) is 42.1 Å². The summed E-state index contributed by atoms with van der Waals surface area (Å²) in [6.45, 7) is 0.733. The second-order valence-electron chi connectivity index (χ2n) is 10.4. The Labute approximate surface area is 229 Å². The number of carbonyl (C=O) groups excluding carboxylic acids is 3. The molecule has 0 aromatic heterocycles. The third-order valence-electron chi connectivity index (χ3n) is 8.04. The fraction of sp³-hybridized carbons (Fsp3) is 0.464. The zero-order valence-electron chi connectivity index (χ0n) is 22.2. The summed E-state index contributed by atoms with van der Waals surface area (Å²) in [7, 11) is 2.83. The van der Waals surface area contributed by atoms with Gasteiger partial charge >= 0.3 is 0 Å². The summed E-state index contributed by atoms with van der Waals surface area (Å²) >= 11 is 0. The molecule has 1 heterocycles. The Morgan fingerprint density at radius 3 is 2.45 bits per heavy atom. The lowest BCUT2D eigenvalue weighted by atomic mass is 9.72. The summed E-state index contributed by atoms with van der Waals surface area (Å²) in [6, 6.07) is 3.91. The van der Waals surface area contributed by atoms with Crippen molar-refractivity contribution in [3.05, 3.63) is 51.6 Å². The first kappa shape index (κ1) is 28.1. The number of phenolic OH excluding ortho intramolecular Hbond substituents is 2. The quantitative estimate of drug-likeness (QED) is 0.266. The van der Waals surface area contributed by atoms with Gasteiger partial charge in [-0.05, 0) is 13.0 Å². The smallest absolute Gasteiger partial charge is 0.202 e. The first-order valence-electron chi connectivity index (χ1n) is 12.8. The SMILES string of the molecule is COc1cccc2c1C(=O)c1c(O)c3c(c(O)c1C2=O)C[C@@](O)(C(=O)CO)C[C@@H]3OC1CC(N)C(OC)C(C)O1. The third kappa shape index (κ3) is 4.19. The van der Waals surface area contributed by atoms with Crippen LogP contribution in [0.25, 0.3) is 0 Å². The number of benzene rings is 2. The van der Waals surface area contributed by atoms with Crippen LogP contribution >= 0.6 is 0 Å². The molecule has 4 unspecified atom stereocenters. The molecule has 2 aliphatic carbocycles. The average Bonchev–Trinajstić information content (AvgIpc) is 2.92. The Bertz CT molecular complexity index is 1390. The molecule has 0 amide bonds. The van der Waals surface area contributed by atoms with E-state index >= 15 is 0 Å². The number of aliphatic hydroxyl groups is 2. The Kier molecular flexibility index (Phi) is 7.19. The van der Waals surface area contributed by atoms with Crippen LogP contribution in [0.5, 0.6) is 17.2 Å². The number of phenols is 2. The minimum absolute atomic E-state index is 0.0388. The maximum atomic E-state index is 13.7. The monoisotopic (exact) mass is 557 g/mol. The van der Waals surface area contributed by atoms with E-state index in [1.165, 1.54) is 32.4 Å². The molecular weight excluding hydrogens is 526 g/mol. The first-order chi connectivity index (χ1) is 19.0. The molecule has 5 rings (SSSR count). The van der Waals surface area contributed by atoms with Gasteiger partial charge in [0.2, 0.25) is 5.78 Å². The van der Waals surface area contributed by atoms with E-state index in [-0.39, 0.29) is 34.4 Å². The van der Waals surface area contributed by atoms with E-state index in [9.17, 15) is 34.8 Å². The Balaban J connectivity index is 1.67. The molecular formula is C28H31NO11. The molecule has 1 fully saturated rings. The van der Waals surface area contributed by atoms with Crippen molar-refractivity contribution in [2.45, 2.75) is 62.4 Å². The summed E-state index contributed by atoms with van der Waals surface area (Å²) in [6.07, 6.45) is -4.02. The maximum Gasteiger partial charge on any atom is 0.202 e. The molecule has 40 heavy (non-hydrogen) atoms. The standard InChI is InChI=1S/C28H31NO11/c1-11-27(38-3)14(29)7-18(39-11)40-16-9-28(36,17(31)10-30)8-13-20(16)26(35)22-21(24(13)33)23(32)12-5-4-6-15(37-2)19(12)25(22)34/h4-6,11,14,16,18,27,30,33,35-36H,7-10,29H2,1-3H3/t11?,14?,16-,18?,27?,28-/m0/s1. The van der Waals surface area contributed by atoms with Crippen LogP contribution in [0.15, 0.2) is 18.2 Å². The molecule has 2 aromatic rings. The van der Waals surface area contributed by atoms with Gasteiger partial charge in [-0.2, -0.15) is 0 Å². The average molecular weight is 558 g/mol. The van der Waals surface area contributed by atoms with Crippen LogP contribution < -0.4 is 10.5 Å². The van der Waals surface area contributed by atoms with Gasteiger partial charge in [0.1, 0.15) is 29.5 Å². The molecule has 12 heteroatoms. The number of ether oxygens (including phenoxy) is 4. The van der Waals surface area contributed by atoms with Crippen molar-refractivity contribution >= 4 is 17.3 Å². The van der Waals surface area contributed by atoms with Gasteiger partial charge in [-0.25, -0.2) is 0 Å². The lowest BCUT2D eigenvalue weighted by Crippen LogP contribution is -2.53. The zero-order chi connectivity index (χ0) is 29.1. The number of nitrogens with two attached hydrogens (primary N) is 1. The number of methoxy groups -OCH3 is 2. The van der Waals surface area contributed by atoms with Crippen LogP contribution in [0.2, 0.25) is 0 Å². The number of Topliss-reactive ketones (excluding diaryl/α,β-unsaturated/α-hetero) is 1. The summed E-state index contributed by atoms with van der Waals surface area (Å²) in [5.41, 5.74) is 2.76. The molecule has 12 nitrogen and oxygen atoms in total. The first-order valence-corrected chi connectivity index (χ1v) is 12.8. The van der Waals surface area contributed by atoms with Crippen molar-refractivity contribution in [2.75, 3.05) is 20.8 Å². The molecule has 0 saturated carbocycles. The van der Waals surface area contributed by atoms with E-state index in [1.54, 1.807) is 6.92 Å². The lowest BCUT2D eigenvalue weighted by Gasteiger charge is -2.42. The highest BCUT2D eigenvalue weighted by molar-refractivity contribution is 6.31. The summed E-state index contributed by atoms with van der Waals surface area (Å²) < 4.78 is 22.7. The van der Waals surface area contributed by atoms with Crippen molar-refractivity contribution in [2.24, 2.45) is 5.73 Å². The van der Waals surface area contributed by atoms with Crippen LogP contribution in [-0.4, -0.2) is 88.7 Å². The van der Waals surface area contributed by atoms with E-state index in [0.717, 1.165) is 0 Å². The van der Waals surface area contributed by atoms with Crippen LogP contribution in [0.3, 0.4) is 0 Å². The van der Waals surface area contributed by atoms with Crippen LogP contribution in [0.4, 0.5) is 0 Å². The molecule has 1 aliphatic heterocycles. The van der Waals surface area contributed by atoms with Crippen molar-refractivity contribution in [1.82, 2.24) is 0 Å².